The van der Waals surface area contributed by atoms with Crippen LogP contribution >= 0.6 is 12.4 Å². The SMILES string of the molecule is Cl.NC1(C(=O)NCC2(c3cccc(C(F)(F)F)c3)CCCCC2)CCOCC1. The highest BCUT2D eigenvalue weighted by Crippen LogP contribution is 2.41. The molecule has 0 spiro atoms. The number of rotatable bonds is 4. The Hall–Kier alpha value is -1.31. The minimum Gasteiger partial charge on any atom is -0.381 e. The zero-order valence-electron chi connectivity index (χ0n) is 15.8. The van der Waals surface area contributed by atoms with E-state index in [1.54, 1.807) is 6.07 Å². The minimum absolute atomic E-state index is 0. The molecule has 158 valence electrons. The Balaban J connectivity index is 0.00000280. The Morgan fingerprint density at radius 3 is 2.36 bits per heavy atom. The van der Waals surface area contributed by atoms with Gasteiger partial charge in [-0.3, -0.25) is 4.79 Å². The highest BCUT2D eigenvalue weighted by molar-refractivity contribution is 5.86. The zero-order valence-corrected chi connectivity index (χ0v) is 16.6. The molecule has 28 heavy (non-hydrogen) atoms. The molecular formula is C20H28ClF3N2O2. The smallest absolute Gasteiger partial charge is 0.381 e. The minimum atomic E-state index is -4.38. The summed E-state index contributed by atoms with van der Waals surface area (Å²) >= 11 is 0. The van der Waals surface area contributed by atoms with E-state index in [0.29, 0.717) is 38.2 Å². The summed E-state index contributed by atoms with van der Waals surface area (Å²) in [4.78, 5) is 12.7. The number of benzene rings is 1. The standard InChI is InChI=1S/C20H27F3N2O2.ClH/c21-20(22,23)16-6-4-5-15(13-16)18(7-2-1-3-8-18)14-25-17(26)19(24)9-11-27-12-10-19;/h4-6,13H,1-3,7-12,14,24H2,(H,25,26);1H. The topological polar surface area (TPSA) is 64.4 Å². The number of nitrogens with two attached hydrogens (primary N) is 1. The molecule has 2 aliphatic rings. The van der Waals surface area contributed by atoms with Gasteiger partial charge in [-0.1, -0.05) is 37.5 Å². The number of hydrogen-bond donors (Lipinski definition) is 2. The molecule has 0 unspecified atom stereocenters. The molecule has 0 radical (unpaired) electrons. The Morgan fingerprint density at radius 1 is 1.11 bits per heavy atom. The monoisotopic (exact) mass is 420 g/mol. The number of nitrogens with one attached hydrogen (secondary N) is 1. The number of alkyl halides is 3. The van der Waals surface area contributed by atoms with Crippen LogP contribution in [0.1, 0.15) is 56.1 Å². The maximum absolute atomic E-state index is 13.2. The maximum atomic E-state index is 13.2. The van der Waals surface area contributed by atoms with Gasteiger partial charge >= 0.3 is 6.18 Å². The zero-order chi connectivity index (χ0) is 19.5. The predicted molar refractivity (Wildman–Crippen MR) is 103 cm³/mol. The number of ether oxygens (including phenoxy) is 1. The third-order valence-electron chi connectivity index (χ3n) is 6.04. The van der Waals surface area contributed by atoms with Gasteiger partial charge in [0, 0.05) is 25.2 Å². The molecule has 3 N–H and O–H groups in total. The highest BCUT2D eigenvalue weighted by atomic mass is 35.5. The average molecular weight is 421 g/mol. The van der Waals surface area contributed by atoms with E-state index in [1.807, 2.05) is 0 Å². The van der Waals surface area contributed by atoms with Gasteiger partial charge in [0.2, 0.25) is 5.91 Å². The van der Waals surface area contributed by atoms with Gasteiger partial charge in [0.25, 0.3) is 0 Å². The largest absolute Gasteiger partial charge is 0.416 e. The second-order valence-corrected chi connectivity index (χ2v) is 7.87. The van der Waals surface area contributed by atoms with Crippen molar-refractivity contribution < 1.29 is 22.7 Å². The van der Waals surface area contributed by atoms with Crippen molar-refractivity contribution in [3.05, 3.63) is 35.4 Å². The lowest BCUT2D eigenvalue weighted by Crippen LogP contribution is -2.58. The number of carbonyl (C=O) groups excluding carboxylic acids is 1. The number of amides is 1. The predicted octanol–water partition coefficient (Wildman–Crippen LogP) is 3.95. The fourth-order valence-corrected chi connectivity index (χ4v) is 4.21. The van der Waals surface area contributed by atoms with Gasteiger partial charge in [0.05, 0.1) is 11.1 Å². The highest BCUT2D eigenvalue weighted by Gasteiger charge is 2.40. The summed E-state index contributed by atoms with van der Waals surface area (Å²) in [6, 6.07) is 5.54. The van der Waals surface area contributed by atoms with Gasteiger partial charge < -0.3 is 15.8 Å². The maximum Gasteiger partial charge on any atom is 0.416 e. The van der Waals surface area contributed by atoms with Gasteiger partial charge in [0.15, 0.2) is 0 Å². The first-order valence-corrected chi connectivity index (χ1v) is 9.58. The molecule has 1 aliphatic heterocycles. The quantitative estimate of drug-likeness (QED) is 0.775. The van der Waals surface area contributed by atoms with Crippen molar-refractivity contribution in [1.82, 2.24) is 5.32 Å². The van der Waals surface area contributed by atoms with Gasteiger partial charge in [-0.05, 0) is 37.3 Å². The summed E-state index contributed by atoms with van der Waals surface area (Å²) in [7, 11) is 0. The van der Waals surface area contributed by atoms with Crippen molar-refractivity contribution in [3.63, 3.8) is 0 Å². The van der Waals surface area contributed by atoms with Crippen molar-refractivity contribution in [2.24, 2.45) is 5.73 Å². The summed E-state index contributed by atoms with van der Waals surface area (Å²) in [5, 5.41) is 2.96. The average Bonchev–Trinajstić information content (AvgIpc) is 2.67. The Morgan fingerprint density at radius 2 is 1.75 bits per heavy atom. The first-order chi connectivity index (χ1) is 12.8. The molecule has 8 heteroatoms. The van der Waals surface area contributed by atoms with Crippen molar-refractivity contribution in [2.45, 2.75) is 62.1 Å². The summed E-state index contributed by atoms with van der Waals surface area (Å²) in [5.41, 5.74) is 4.81. The molecule has 1 heterocycles. The first kappa shape index (κ1) is 23.0. The van der Waals surface area contributed by atoms with Crippen LogP contribution in [0.25, 0.3) is 0 Å². The Kier molecular flexibility index (Phi) is 7.39. The van der Waals surface area contributed by atoms with E-state index in [2.05, 4.69) is 5.32 Å². The van der Waals surface area contributed by atoms with Crippen LogP contribution in [0.4, 0.5) is 13.2 Å². The van der Waals surface area contributed by atoms with E-state index in [1.165, 1.54) is 12.1 Å². The lowest BCUT2D eigenvalue weighted by atomic mass is 9.69. The lowest BCUT2D eigenvalue weighted by Gasteiger charge is -2.40. The van der Waals surface area contributed by atoms with Crippen molar-refractivity contribution in [1.29, 1.82) is 0 Å². The molecular weight excluding hydrogens is 393 g/mol. The van der Waals surface area contributed by atoms with Crippen molar-refractivity contribution in [3.8, 4) is 0 Å². The molecule has 1 aliphatic carbocycles. The molecule has 0 bridgehead atoms. The Labute approximate surface area is 169 Å². The lowest BCUT2D eigenvalue weighted by molar-refractivity contribution is -0.137. The van der Waals surface area contributed by atoms with E-state index in [4.69, 9.17) is 10.5 Å². The van der Waals surface area contributed by atoms with Gasteiger partial charge in [0.1, 0.15) is 0 Å². The molecule has 1 aromatic carbocycles. The molecule has 4 nitrogen and oxygen atoms in total. The van der Waals surface area contributed by atoms with Crippen LogP contribution in [0.3, 0.4) is 0 Å². The van der Waals surface area contributed by atoms with Crippen LogP contribution in [0.5, 0.6) is 0 Å². The van der Waals surface area contributed by atoms with Crippen LogP contribution < -0.4 is 11.1 Å². The molecule has 1 saturated carbocycles. The summed E-state index contributed by atoms with van der Waals surface area (Å²) in [5.74, 6) is -0.234. The van der Waals surface area contributed by atoms with E-state index in [0.717, 1.165) is 38.2 Å². The second kappa shape index (κ2) is 9.01. The molecule has 0 atom stereocenters. The third-order valence-corrected chi connectivity index (χ3v) is 6.04. The number of halogens is 4. The van der Waals surface area contributed by atoms with Gasteiger partial charge in [-0.15, -0.1) is 12.4 Å². The van der Waals surface area contributed by atoms with Crippen LogP contribution in [-0.4, -0.2) is 31.2 Å². The Bertz CT molecular complexity index is 670. The molecule has 1 amide bonds. The fraction of sp³-hybridized carbons (Fsp3) is 0.650. The van der Waals surface area contributed by atoms with Crippen LogP contribution in [0, 0.1) is 0 Å². The molecule has 1 aromatic rings. The molecule has 3 rings (SSSR count). The summed E-state index contributed by atoms with van der Waals surface area (Å²) < 4.78 is 44.8. The van der Waals surface area contributed by atoms with E-state index in [9.17, 15) is 18.0 Å². The third kappa shape index (κ3) is 4.99. The van der Waals surface area contributed by atoms with E-state index < -0.39 is 22.7 Å². The first-order valence-electron chi connectivity index (χ1n) is 9.58. The summed E-state index contributed by atoms with van der Waals surface area (Å²) in [6.45, 7) is 1.21. The molecule has 2 fully saturated rings. The molecule has 0 aromatic heterocycles. The second-order valence-electron chi connectivity index (χ2n) is 7.87. The van der Waals surface area contributed by atoms with E-state index >= 15 is 0 Å². The van der Waals surface area contributed by atoms with Crippen LogP contribution in [0.15, 0.2) is 24.3 Å². The normalized spacial score (nSPS) is 21.4. The van der Waals surface area contributed by atoms with E-state index in [-0.39, 0.29) is 18.3 Å². The fourth-order valence-electron chi connectivity index (χ4n) is 4.21. The number of hydrogen-bond acceptors (Lipinski definition) is 3. The van der Waals surface area contributed by atoms with Crippen molar-refractivity contribution in [2.75, 3.05) is 19.8 Å². The van der Waals surface area contributed by atoms with Crippen molar-refractivity contribution >= 4 is 18.3 Å². The summed E-state index contributed by atoms with van der Waals surface area (Å²) in [6.07, 6.45) is 0.988. The van der Waals surface area contributed by atoms with Crippen LogP contribution in [0.2, 0.25) is 0 Å². The van der Waals surface area contributed by atoms with Crippen LogP contribution in [-0.2, 0) is 21.1 Å². The molecule has 1 saturated heterocycles. The van der Waals surface area contributed by atoms with Gasteiger partial charge in [-0.2, -0.15) is 13.2 Å². The van der Waals surface area contributed by atoms with Gasteiger partial charge in [-0.25, -0.2) is 0 Å². The number of carbonyl (C=O) groups is 1.